The van der Waals surface area contributed by atoms with Gasteiger partial charge in [0.05, 0.1) is 12.2 Å². The van der Waals surface area contributed by atoms with Gasteiger partial charge in [-0.2, -0.15) is 0 Å². The molecule has 0 aliphatic carbocycles. The van der Waals surface area contributed by atoms with E-state index in [1.807, 2.05) is 6.92 Å². The summed E-state index contributed by atoms with van der Waals surface area (Å²) in [6.07, 6.45) is 20.9. The lowest BCUT2D eigenvalue weighted by molar-refractivity contribution is -0.808. The van der Waals surface area contributed by atoms with Crippen molar-refractivity contribution in [3.63, 3.8) is 0 Å². The minimum absolute atomic E-state index is 0.107. The van der Waals surface area contributed by atoms with Crippen molar-refractivity contribution in [1.82, 2.24) is 0 Å². The van der Waals surface area contributed by atoms with Crippen molar-refractivity contribution in [3.8, 4) is 0 Å². The van der Waals surface area contributed by atoms with E-state index in [1.165, 1.54) is 51.4 Å². The molecule has 0 bridgehead atoms. The minimum Gasteiger partial charge on any atom is -0.544 e. The molecule has 5 heteroatoms. The summed E-state index contributed by atoms with van der Waals surface area (Å²) in [7, 11) is 0. The number of carboxylic acids is 1. The van der Waals surface area contributed by atoms with E-state index in [4.69, 9.17) is 5.73 Å². The third kappa shape index (κ3) is 7.83. The lowest BCUT2D eigenvalue weighted by atomic mass is 10.0. The van der Waals surface area contributed by atoms with Crippen LogP contribution in [0, 0.1) is 0 Å². The summed E-state index contributed by atoms with van der Waals surface area (Å²) in [5.41, 5.74) is 6.05. The molecule has 0 fully saturated rings. The summed E-state index contributed by atoms with van der Waals surface area (Å²) >= 11 is 0. The molecule has 148 valence electrons. The maximum absolute atomic E-state index is 11.1. The third-order valence-electron chi connectivity index (χ3n) is 5.16. The number of carbonyl (C=O) groups is 1. The van der Waals surface area contributed by atoms with Crippen LogP contribution in [-0.4, -0.2) is 29.0 Å². The predicted molar refractivity (Wildman–Crippen MR) is 106 cm³/mol. The molecule has 5 nitrogen and oxygen atoms in total. The molecule has 1 aliphatic heterocycles. The smallest absolute Gasteiger partial charge is 0.209 e. The van der Waals surface area contributed by atoms with Gasteiger partial charge in [-0.3, -0.25) is 5.73 Å². The Morgan fingerprint density at radius 2 is 1.73 bits per heavy atom. The Balaban J connectivity index is 2.13. The molecule has 0 saturated carbocycles. The number of hydrogen-bond acceptors (Lipinski definition) is 4. The van der Waals surface area contributed by atoms with E-state index in [0.717, 1.165) is 25.1 Å². The predicted octanol–water partition coefficient (Wildman–Crippen LogP) is 3.61. The average Bonchev–Trinajstić information content (AvgIpc) is 2.99. The second kappa shape index (κ2) is 12.8. The Kier molecular flexibility index (Phi) is 11.1. The van der Waals surface area contributed by atoms with Crippen LogP contribution in [0.25, 0.3) is 0 Å². The number of aliphatic imine (C=N–C) groups is 1. The lowest BCUT2D eigenvalue weighted by Crippen LogP contribution is -2.60. The number of carboxylic acid groups (broad SMARTS) is 1. The van der Waals surface area contributed by atoms with Gasteiger partial charge in [0.25, 0.3) is 0 Å². The summed E-state index contributed by atoms with van der Waals surface area (Å²) in [5.74, 6) is -0.238. The molecule has 0 aromatic carbocycles. The Morgan fingerprint density at radius 1 is 1.15 bits per heavy atom. The van der Waals surface area contributed by atoms with Crippen molar-refractivity contribution in [2.75, 3.05) is 6.54 Å². The maximum atomic E-state index is 11.1. The lowest BCUT2D eigenvalue weighted by Gasteiger charge is -2.36. The van der Waals surface area contributed by atoms with Crippen molar-refractivity contribution in [2.24, 2.45) is 10.7 Å². The van der Waals surface area contributed by atoms with Crippen LogP contribution in [0.15, 0.2) is 29.5 Å². The molecule has 26 heavy (non-hydrogen) atoms. The van der Waals surface area contributed by atoms with Crippen LogP contribution in [0.2, 0.25) is 0 Å². The molecule has 2 N–H and O–H groups in total. The topological polar surface area (TPSA) is 78.5 Å². The van der Waals surface area contributed by atoms with E-state index in [9.17, 15) is 9.90 Å². The van der Waals surface area contributed by atoms with Gasteiger partial charge in [-0.1, -0.05) is 57.1 Å². The summed E-state index contributed by atoms with van der Waals surface area (Å²) < 4.78 is 0.107. The molecule has 0 aromatic heterocycles. The molecular weight excluding hydrogens is 326 g/mol. The second-order valence-corrected chi connectivity index (χ2v) is 7.33. The quantitative estimate of drug-likeness (QED) is 0.274. The normalized spacial score (nSPS) is 20.7. The van der Waals surface area contributed by atoms with Crippen molar-refractivity contribution in [2.45, 2.75) is 90.6 Å². The van der Waals surface area contributed by atoms with E-state index >= 15 is 0 Å². The fraction of sp³-hybridized carbons (Fsp3) is 0.714. The van der Waals surface area contributed by atoms with E-state index in [1.54, 1.807) is 12.4 Å². The van der Waals surface area contributed by atoms with Gasteiger partial charge in [0.2, 0.25) is 5.84 Å². The van der Waals surface area contributed by atoms with Gasteiger partial charge in [0.15, 0.2) is 0 Å². The maximum Gasteiger partial charge on any atom is 0.209 e. The molecule has 2 atom stereocenters. The molecule has 0 amide bonds. The van der Waals surface area contributed by atoms with Gasteiger partial charge in [0.1, 0.15) is 18.9 Å². The number of unbranched alkanes of at least 4 members (excludes halogenated alkanes) is 9. The monoisotopic (exact) mass is 363 g/mol. The van der Waals surface area contributed by atoms with Crippen LogP contribution in [0.4, 0.5) is 0 Å². The molecule has 1 rings (SSSR count). The van der Waals surface area contributed by atoms with Gasteiger partial charge in [-0.15, -0.1) is 0 Å². The molecule has 0 saturated heterocycles. The molecule has 0 spiro atoms. The number of nitrogens with zero attached hydrogens (tertiary/aromatic N) is 2. The van der Waals surface area contributed by atoms with Gasteiger partial charge >= 0.3 is 0 Å². The summed E-state index contributed by atoms with van der Waals surface area (Å²) in [5, 5.41) is 11.1. The number of quaternary nitrogens is 1. The van der Waals surface area contributed by atoms with Gasteiger partial charge in [0, 0.05) is 13.3 Å². The van der Waals surface area contributed by atoms with Crippen LogP contribution in [-0.2, 0) is 4.79 Å². The Hall–Kier alpha value is -1.46. The Bertz CT molecular complexity index is 497. The number of amidine groups is 1. The molecule has 2 unspecified atom stereocenters. The van der Waals surface area contributed by atoms with E-state index in [2.05, 4.69) is 24.1 Å². The largest absolute Gasteiger partial charge is 0.544 e. The summed E-state index contributed by atoms with van der Waals surface area (Å²) in [6, 6.07) is 0. The number of nitrogens with two attached hydrogens (primary N) is 1. The number of aliphatic carboxylic acids is 1. The zero-order chi connectivity index (χ0) is 19.3. The first-order valence-corrected chi connectivity index (χ1v) is 10.2. The first kappa shape index (κ1) is 22.6. The van der Waals surface area contributed by atoms with Crippen molar-refractivity contribution in [1.29, 1.82) is 0 Å². The Labute approximate surface area is 159 Å². The fourth-order valence-corrected chi connectivity index (χ4v) is 3.53. The minimum atomic E-state index is -1.09. The third-order valence-corrected chi connectivity index (χ3v) is 5.16. The highest BCUT2D eigenvalue weighted by Crippen LogP contribution is 2.23. The van der Waals surface area contributed by atoms with Crippen LogP contribution >= 0.6 is 0 Å². The zero-order valence-electron chi connectivity index (χ0n) is 16.7. The molecular formula is C21H37N3O2. The average molecular weight is 364 g/mol. The molecule has 0 aromatic rings. The summed E-state index contributed by atoms with van der Waals surface area (Å²) in [4.78, 5) is 15.5. The zero-order valence-corrected chi connectivity index (χ0v) is 16.7. The SMILES string of the molecule is C/C=C/CCCCCCCCCCCC1=NC=C[N+]1(CC(=O)[O-])C(C)N. The van der Waals surface area contributed by atoms with Gasteiger partial charge < -0.3 is 9.90 Å². The van der Waals surface area contributed by atoms with Gasteiger partial charge in [-0.25, -0.2) is 9.48 Å². The van der Waals surface area contributed by atoms with E-state index < -0.39 is 5.97 Å². The molecule has 1 heterocycles. The van der Waals surface area contributed by atoms with E-state index in [0.29, 0.717) is 0 Å². The van der Waals surface area contributed by atoms with Crippen molar-refractivity contribution < 1.29 is 14.4 Å². The van der Waals surface area contributed by atoms with Crippen LogP contribution in [0.1, 0.15) is 84.5 Å². The second-order valence-electron chi connectivity index (χ2n) is 7.33. The Morgan fingerprint density at radius 3 is 2.27 bits per heavy atom. The fourth-order valence-electron chi connectivity index (χ4n) is 3.53. The highest BCUT2D eigenvalue weighted by molar-refractivity contribution is 5.81. The number of carbonyl (C=O) groups excluding carboxylic acids is 1. The number of allylic oxidation sites excluding steroid dienone is 2. The van der Waals surface area contributed by atoms with E-state index in [-0.39, 0.29) is 17.2 Å². The standard InChI is InChI=1S/C21H37N3O2/c1-3-4-5-6-7-8-9-10-11-12-13-14-15-20-23-16-17-24(20,19(2)22)18-21(25)26/h3-4,16-17,19H,5-15,18,22H2,1-2H3/b4-3+. The first-order valence-electron chi connectivity index (χ1n) is 10.2. The van der Waals surface area contributed by atoms with Crippen LogP contribution in [0.5, 0.6) is 0 Å². The number of rotatable bonds is 15. The van der Waals surface area contributed by atoms with Crippen molar-refractivity contribution >= 4 is 11.8 Å². The molecule has 0 radical (unpaired) electrons. The first-order chi connectivity index (χ1) is 12.5. The highest BCUT2D eigenvalue weighted by atomic mass is 16.4. The highest BCUT2D eigenvalue weighted by Gasteiger charge is 2.38. The van der Waals surface area contributed by atoms with Crippen molar-refractivity contribution in [3.05, 3.63) is 24.6 Å². The van der Waals surface area contributed by atoms with Crippen LogP contribution in [0.3, 0.4) is 0 Å². The number of hydrogen-bond donors (Lipinski definition) is 1. The summed E-state index contributed by atoms with van der Waals surface area (Å²) in [6.45, 7) is 3.77. The molecule has 1 aliphatic rings. The van der Waals surface area contributed by atoms with Crippen LogP contribution < -0.4 is 10.8 Å². The van der Waals surface area contributed by atoms with Gasteiger partial charge in [-0.05, 0) is 26.2 Å².